The molecule has 0 aliphatic heterocycles. The van der Waals surface area contributed by atoms with E-state index in [1.807, 2.05) is 0 Å². The van der Waals surface area contributed by atoms with Crippen LogP contribution in [0.3, 0.4) is 0 Å². The zero-order chi connectivity index (χ0) is 10.1. The number of anilines is 1. The van der Waals surface area contributed by atoms with Gasteiger partial charge in [0.1, 0.15) is 6.33 Å². The van der Waals surface area contributed by atoms with Gasteiger partial charge in [-0.25, -0.2) is 13.8 Å². The summed E-state index contributed by atoms with van der Waals surface area (Å²) in [6.45, 7) is 0. The molecule has 0 bridgehead atoms. The molecule has 0 spiro atoms. The second-order valence-corrected chi connectivity index (χ2v) is 2.70. The fourth-order valence-corrected chi connectivity index (χ4v) is 1.09. The molecule has 0 fully saturated rings. The van der Waals surface area contributed by atoms with Crippen molar-refractivity contribution >= 4 is 5.69 Å². The fourth-order valence-electron chi connectivity index (χ4n) is 1.09. The van der Waals surface area contributed by atoms with Gasteiger partial charge in [-0.05, 0) is 12.1 Å². The van der Waals surface area contributed by atoms with Gasteiger partial charge in [0, 0.05) is 5.56 Å². The van der Waals surface area contributed by atoms with E-state index in [1.54, 1.807) is 0 Å². The van der Waals surface area contributed by atoms with Crippen LogP contribution in [0, 0.1) is 11.6 Å². The molecule has 2 rings (SSSR count). The van der Waals surface area contributed by atoms with Crippen molar-refractivity contribution < 1.29 is 8.78 Å². The first-order chi connectivity index (χ1) is 6.68. The van der Waals surface area contributed by atoms with Crippen LogP contribution in [-0.4, -0.2) is 15.2 Å². The van der Waals surface area contributed by atoms with Crippen molar-refractivity contribution in [3.63, 3.8) is 0 Å². The highest BCUT2D eigenvalue weighted by molar-refractivity contribution is 5.61. The van der Waals surface area contributed by atoms with Crippen LogP contribution in [0.2, 0.25) is 0 Å². The average molecular weight is 196 g/mol. The molecule has 0 atom stereocenters. The van der Waals surface area contributed by atoms with Crippen molar-refractivity contribution in [1.29, 1.82) is 0 Å². The number of H-pyrrole nitrogens is 1. The van der Waals surface area contributed by atoms with E-state index < -0.39 is 11.6 Å². The maximum absolute atomic E-state index is 12.9. The van der Waals surface area contributed by atoms with Crippen molar-refractivity contribution in [3.05, 3.63) is 30.1 Å². The summed E-state index contributed by atoms with van der Waals surface area (Å²) in [4.78, 5) is 3.79. The topological polar surface area (TPSA) is 67.6 Å². The molecule has 3 N–H and O–H groups in total. The van der Waals surface area contributed by atoms with Gasteiger partial charge in [-0.15, -0.1) is 0 Å². The van der Waals surface area contributed by atoms with E-state index >= 15 is 0 Å². The number of nitrogens with two attached hydrogens (primary N) is 1. The summed E-state index contributed by atoms with van der Waals surface area (Å²) in [6.07, 6.45) is 1.27. The molecule has 0 aliphatic carbocycles. The molecule has 1 aromatic carbocycles. The SMILES string of the molecule is Nc1cc(-c2ncn[nH]2)cc(F)c1F. The number of nitrogen functional groups attached to an aromatic ring is 1. The number of aromatic amines is 1. The number of halogens is 2. The monoisotopic (exact) mass is 196 g/mol. The Kier molecular flexibility index (Phi) is 1.88. The first-order valence-electron chi connectivity index (χ1n) is 3.78. The third kappa shape index (κ3) is 1.30. The van der Waals surface area contributed by atoms with Crippen molar-refractivity contribution in [2.75, 3.05) is 5.73 Å². The van der Waals surface area contributed by atoms with Gasteiger partial charge in [-0.3, -0.25) is 5.10 Å². The lowest BCUT2D eigenvalue weighted by Crippen LogP contribution is -1.96. The lowest BCUT2D eigenvalue weighted by atomic mass is 10.2. The molecule has 0 unspecified atom stereocenters. The van der Waals surface area contributed by atoms with Gasteiger partial charge in [-0.2, -0.15) is 5.10 Å². The third-order valence-corrected chi connectivity index (χ3v) is 1.74. The van der Waals surface area contributed by atoms with Gasteiger partial charge in [-0.1, -0.05) is 0 Å². The molecule has 2 aromatic rings. The Morgan fingerprint density at radius 2 is 2.07 bits per heavy atom. The molecule has 14 heavy (non-hydrogen) atoms. The Morgan fingerprint density at radius 1 is 1.29 bits per heavy atom. The largest absolute Gasteiger partial charge is 0.396 e. The number of rotatable bonds is 1. The standard InChI is InChI=1S/C8H6F2N4/c9-5-1-4(2-6(11)7(5)10)8-12-3-13-14-8/h1-3H,11H2,(H,12,13,14). The molecular formula is C8H6F2N4. The molecule has 72 valence electrons. The van der Waals surface area contributed by atoms with Crippen LogP contribution >= 0.6 is 0 Å². The maximum atomic E-state index is 12.9. The minimum Gasteiger partial charge on any atom is -0.396 e. The number of nitrogens with zero attached hydrogens (tertiary/aromatic N) is 2. The van der Waals surface area contributed by atoms with E-state index in [2.05, 4.69) is 15.2 Å². The van der Waals surface area contributed by atoms with Crippen LogP contribution in [0.15, 0.2) is 18.5 Å². The molecule has 0 saturated carbocycles. The Hall–Kier alpha value is -1.98. The highest BCUT2D eigenvalue weighted by Crippen LogP contribution is 2.22. The van der Waals surface area contributed by atoms with Gasteiger partial charge < -0.3 is 5.73 Å². The van der Waals surface area contributed by atoms with Crippen molar-refractivity contribution in [1.82, 2.24) is 15.2 Å². The molecule has 4 nitrogen and oxygen atoms in total. The summed E-state index contributed by atoms with van der Waals surface area (Å²) in [5.41, 5.74) is 5.36. The van der Waals surface area contributed by atoms with Crippen LogP contribution in [0.4, 0.5) is 14.5 Å². The summed E-state index contributed by atoms with van der Waals surface area (Å²) in [5, 5.41) is 6.11. The van der Waals surface area contributed by atoms with Crippen LogP contribution < -0.4 is 5.73 Å². The lowest BCUT2D eigenvalue weighted by Gasteiger charge is -2.01. The first-order valence-corrected chi connectivity index (χ1v) is 3.78. The number of nitrogens with one attached hydrogen (secondary N) is 1. The van der Waals surface area contributed by atoms with E-state index in [-0.39, 0.29) is 5.69 Å². The van der Waals surface area contributed by atoms with Crippen LogP contribution in [0.25, 0.3) is 11.4 Å². The maximum Gasteiger partial charge on any atom is 0.181 e. The summed E-state index contributed by atoms with van der Waals surface area (Å²) in [5.74, 6) is -1.71. The summed E-state index contributed by atoms with van der Waals surface area (Å²) < 4.78 is 25.7. The molecule has 1 heterocycles. The van der Waals surface area contributed by atoms with E-state index in [0.717, 1.165) is 6.07 Å². The Morgan fingerprint density at radius 3 is 2.64 bits per heavy atom. The molecule has 0 amide bonds. The molecule has 0 saturated heterocycles. The van der Waals surface area contributed by atoms with Crippen LogP contribution in [0.1, 0.15) is 0 Å². The molecule has 1 aromatic heterocycles. The molecule has 0 radical (unpaired) electrons. The second kappa shape index (κ2) is 3.06. The van der Waals surface area contributed by atoms with Crippen LogP contribution in [-0.2, 0) is 0 Å². The van der Waals surface area contributed by atoms with Gasteiger partial charge >= 0.3 is 0 Å². The molecular weight excluding hydrogens is 190 g/mol. The Labute approximate surface area is 77.8 Å². The smallest absolute Gasteiger partial charge is 0.181 e. The van der Waals surface area contributed by atoms with Gasteiger partial charge in [0.15, 0.2) is 17.5 Å². The van der Waals surface area contributed by atoms with Gasteiger partial charge in [0.2, 0.25) is 0 Å². The van der Waals surface area contributed by atoms with Crippen molar-refractivity contribution in [2.24, 2.45) is 0 Å². The zero-order valence-corrected chi connectivity index (χ0v) is 6.96. The third-order valence-electron chi connectivity index (χ3n) is 1.74. The normalized spacial score (nSPS) is 10.4. The molecule has 0 aliphatic rings. The number of hydrogen-bond donors (Lipinski definition) is 2. The number of benzene rings is 1. The van der Waals surface area contributed by atoms with E-state index in [4.69, 9.17) is 5.73 Å². The zero-order valence-electron chi connectivity index (χ0n) is 6.96. The minimum absolute atomic E-state index is 0.253. The second-order valence-electron chi connectivity index (χ2n) is 2.70. The van der Waals surface area contributed by atoms with Gasteiger partial charge in [0.05, 0.1) is 5.69 Å². The predicted molar refractivity (Wildman–Crippen MR) is 46.1 cm³/mol. The number of hydrogen-bond acceptors (Lipinski definition) is 3. The van der Waals surface area contributed by atoms with Crippen LogP contribution in [0.5, 0.6) is 0 Å². The lowest BCUT2D eigenvalue weighted by molar-refractivity contribution is 0.512. The van der Waals surface area contributed by atoms with E-state index in [0.29, 0.717) is 11.4 Å². The quantitative estimate of drug-likeness (QED) is 0.676. The predicted octanol–water partition coefficient (Wildman–Crippen LogP) is 1.33. The average Bonchev–Trinajstić information content (AvgIpc) is 2.66. The van der Waals surface area contributed by atoms with Crippen molar-refractivity contribution in [2.45, 2.75) is 0 Å². The summed E-state index contributed by atoms with van der Waals surface area (Å²) in [6, 6.07) is 2.30. The van der Waals surface area contributed by atoms with Crippen molar-refractivity contribution in [3.8, 4) is 11.4 Å². The highest BCUT2D eigenvalue weighted by atomic mass is 19.2. The summed E-state index contributed by atoms with van der Waals surface area (Å²) in [7, 11) is 0. The minimum atomic E-state index is -1.05. The Balaban J connectivity index is 2.57. The highest BCUT2D eigenvalue weighted by Gasteiger charge is 2.10. The first kappa shape index (κ1) is 8.61. The Bertz CT molecular complexity index is 429. The van der Waals surface area contributed by atoms with E-state index in [1.165, 1.54) is 12.4 Å². The number of aromatic nitrogens is 3. The molecule has 6 heteroatoms. The van der Waals surface area contributed by atoms with E-state index in [9.17, 15) is 8.78 Å². The van der Waals surface area contributed by atoms with Gasteiger partial charge in [0.25, 0.3) is 0 Å². The summed E-state index contributed by atoms with van der Waals surface area (Å²) >= 11 is 0. The fraction of sp³-hybridized carbons (Fsp3) is 0.